The largest absolute Gasteiger partial charge is 0.396 e. The van der Waals surface area contributed by atoms with Crippen molar-refractivity contribution in [3.05, 3.63) is 0 Å². The van der Waals surface area contributed by atoms with Crippen LogP contribution in [0.5, 0.6) is 0 Å². The van der Waals surface area contributed by atoms with Crippen molar-refractivity contribution in [1.29, 1.82) is 0 Å². The van der Waals surface area contributed by atoms with Crippen LogP contribution in [0, 0.1) is 5.41 Å². The van der Waals surface area contributed by atoms with Gasteiger partial charge >= 0.3 is 0 Å². The second-order valence-corrected chi connectivity index (χ2v) is 5.41. The van der Waals surface area contributed by atoms with Crippen LogP contribution in [0.1, 0.15) is 26.7 Å². The van der Waals surface area contributed by atoms with Crippen LogP contribution in [0.2, 0.25) is 0 Å². The van der Waals surface area contributed by atoms with Crippen molar-refractivity contribution in [2.45, 2.75) is 32.3 Å². The van der Waals surface area contributed by atoms with E-state index in [-0.39, 0.29) is 12.0 Å². The van der Waals surface area contributed by atoms with Gasteiger partial charge in [-0.25, -0.2) is 0 Å². The molecule has 3 heteroatoms. The summed E-state index contributed by atoms with van der Waals surface area (Å²) in [5, 5.41) is 19.4. The van der Waals surface area contributed by atoms with Gasteiger partial charge in [0.2, 0.25) is 0 Å². The highest BCUT2D eigenvalue weighted by atomic mass is 32.2. The van der Waals surface area contributed by atoms with Gasteiger partial charge in [0.25, 0.3) is 0 Å². The maximum atomic E-state index is 10.2. The van der Waals surface area contributed by atoms with Crippen molar-refractivity contribution in [1.82, 2.24) is 0 Å². The average Bonchev–Trinajstić information content (AvgIpc) is 2.06. The molecule has 0 aliphatic carbocycles. The number of hydrogen-bond donors (Lipinski definition) is 2. The van der Waals surface area contributed by atoms with Crippen LogP contribution in [0.4, 0.5) is 0 Å². The Balaban J connectivity index is 2.68. The topological polar surface area (TPSA) is 40.5 Å². The Kier molecular flexibility index (Phi) is 3.07. The monoisotopic (exact) mass is 190 g/mol. The molecule has 1 aliphatic heterocycles. The van der Waals surface area contributed by atoms with Crippen LogP contribution in [0.3, 0.4) is 0 Å². The quantitative estimate of drug-likeness (QED) is 0.689. The van der Waals surface area contributed by atoms with Crippen molar-refractivity contribution in [3.8, 4) is 0 Å². The summed E-state index contributed by atoms with van der Waals surface area (Å²) in [4.78, 5) is 0. The SMILES string of the molecule is CC(C)(CO)C1(O)CCSCC1. The first kappa shape index (κ1) is 10.4. The van der Waals surface area contributed by atoms with Crippen LogP contribution in [-0.4, -0.2) is 33.9 Å². The third-order valence-corrected chi connectivity index (χ3v) is 3.96. The van der Waals surface area contributed by atoms with Crippen molar-refractivity contribution in [2.24, 2.45) is 5.41 Å². The van der Waals surface area contributed by atoms with Crippen LogP contribution in [-0.2, 0) is 0 Å². The molecule has 0 aromatic carbocycles. The molecule has 1 rings (SSSR count). The first-order chi connectivity index (χ1) is 5.52. The molecule has 0 unspecified atom stereocenters. The lowest BCUT2D eigenvalue weighted by atomic mass is 9.72. The highest BCUT2D eigenvalue weighted by Crippen LogP contribution is 2.40. The van der Waals surface area contributed by atoms with Gasteiger partial charge in [-0.2, -0.15) is 11.8 Å². The molecular formula is C9H18O2S. The summed E-state index contributed by atoms with van der Waals surface area (Å²) in [6, 6.07) is 0. The van der Waals surface area contributed by atoms with Crippen LogP contribution in [0.25, 0.3) is 0 Å². The van der Waals surface area contributed by atoms with E-state index in [1.54, 1.807) is 0 Å². The van der Waals surface area contributed by atoms with Gasteiger partial charge in [0.05, 0.1) is 12.2 Å². The Morgan fingerprint density at radius 3 is 2.25 bits per heavy atom. The van der Waals surface area contributed by atoms with Crippen molar-refractivity contribution in [3.63, 3.8) is 0 Å². The molecule has 72 valence electrons. The molecule has 12 heavy (non-hydrogen) atoms. The third kappa shape index (κ3) is 1.78. The van der Waals surface area contributed by atoms with Gasteiger partial charge in [-0.15, -0.1) is 0 Å². The van der Waals surface area contributed by atoms with Gasteiger partial charge in [0, 0.05) is 5.41 Å². The van der Waals surface area contributed by atoms with Crippen LogP contribution in [0.15, 0.2) is 0 Å². The summed E-state index contributed by atoms with van der Waals surface area (Å²) in [6.07, 6.45) is 1.62. The summed E-state index contributed by atoms with van der Waals surface area (Å²) in [6.45, 7) is 3.93. The second kappa shape index (κ2) is 3.56. The van der Waals surface area contributed by atoms with Gasteiger partial charge in [-0.3, -0.25) is 0 Å². The predicted octanol–water partition coefficient (Wildman–Crippen LogP) is 1.26. The molecule has 0 radical (unpaired) electrons. The zero-order valence-electron chi connectivity index (χ0n) is 7.84. The van der Waals surface area contributed by atoms with Crippen molar-refractivity contribution in [2.75, 3.05) is 18.1 Å². The smallest absolute Gasteiger partial charge is 0.0736 e. The molecule has 1 fully saturated rings. The van der Waals surface area contributed by atoms with E-state index in [4.69, 9.17) is 5.11 Å². The van der Waals surface area contributed by atoms with E-state index in [2.05, 4.69) is 0 Å². The molecule has 0 aromatic heterocycles. The molecule has 2 nitrogen and oxygen atoms in total. The fourth-order valence-corrected chi connectivity index (χ4v) is 2.70. The Labute approximate surface area is 78.4 Å². The fraction of sp³-hybridized carbons (Fsp3) is 1.00. The first-order valence-electron chi connectivity index (χ1n) is 4.43. The lowest BCUT2D eigenvalue weighted by molar-refractivity contribution is -0.0955. The molecule has 1 saturated heterocycles. The lowest BCUT2D eigenvalue weighted by Gasteiger charge is -2.44. The minimum atomic E-state index is -0.646. The lowest BCUT2D eigenvalue weighted by Crippen LogP contribution is -2.49. The average molecular weight is 190 g/mol. The molecule has 2 N–H and O–H groups in total. The summed E-state index contributed by atoms with van der Waals surface area (Å²) >= 11 is 1.88. The number of thioether (sulfide) groups is 1. The molecule has 1 heterocycles. The van der Waals surface area contributed by atoms with Gasteiger partial charge in [0.15, 0.2) is 0 Å². The second-order valence-electron chi connectivity index (χ2n) is 4.19. The van der Waals surface area contributed by atoms with Gasteiger partial charge < -0.3 is 10.2 Å². The van der Waals surface area contributed by atoms with E-state index in [0.717, 1.165) is 24.3 Å². The standard InChI is InChI=1S/C9H18O2S/c1-8(2,7-10)9(11)3-5-12-6-4-9/h10-11H,3-7H2,1-2H3. The van der Waals surface area contributed by atoms with Crippen LogP contribution >= 0.6 is 11.8 Å². The molecule has 1 aliphatic rings. The fourth-order valence-electron chi connectivity index (χ4n) is 1.53. The van der Waals surface area contributed by atoms with E-state index in [1.165, 1.54) is 0 Å². The summed E-state index contributed by atoms with van der Waals surface area (Å²) in [7, 11) is 0. The highest BCUT2D eigenvalue weighted by Gasteiger charge is 2.43. The number of aliphatic hydroxyl groups excluding tert-OH is 1. The van der Waals surface area contributed by atoms with Gasteiger partial charge in [-0.1, -0.05) is 13.8 Å². The van der Waals surface area contributed by atoms with E-state index >= 15 is 0 Å². The summed E-state index contributed by atoms with van der Waals surface area (Å²) < 4.78 is 0. The third-order valence-electron chi connectivity index (χ3n) is 2.98. The van der Waals surface area contributed by atoms with Crippen molar-refractivity contribution < 1.29 is 10.2 Å². The Bertz CT molecular complexity index is 151. The molecule has 0 atom stereocenters. The van der Waals surface area contributed by atoms with E-state index in [0.29, 0.717) is 0 Å². The zero-order chi connectivity index (χ0) is 9.24. The molecule has 0 bridgehead atoms. The molecule has 0 amide bonds. The highest BCUT2D eigenvalue weighted by molar-refractivity contribution is 7.99. The van der Waals surface area contributed by atoms with E-state index in [9.17, 15) is 5.11 Å². The van der Waals surface area contributed by atoms with E-state index in [1.807, 2.05) is 25.6 Å². The molecule has 0 saturated carbocycles. The maximum Gasteiger partial charge on any atom is 0.0736 e. The molecular weight excluding hydrogens is 172 g/mol. The van der Waals surface area contributed by atoms with Crippen LogP contribution < -0.4 is 0 Å². The Morgan fingerprint density at radius 1 is 1.33 bits per heavy atom. The number of aliphatic hydroxyl groups is 2. The number of hydrogen-bond acceptors (Lipinski definition) is 3. The normalized spacial score (nSPS) is 24.0. The number of rotatable bonds is 2. The Hall–Kier alpha value is 0.270. The minimum absolute atomic E-state index is 0.0637. The maximum absolute atomic E-state index is 10.2. The van der Waals surface area contributed by atoms with Crippen molar-refractivity contribution >= 4 is 11.8 Å². The molecule has 0 spiro atoms. The minimum Gasteiger partial charge on any atom is -0.396 e. The summed E-state index contributed by atoms with van der Waals surface area (Å²) in [5.41, 5.74) is -0.999. The Morgan fingerprint density at radius 2 is 1.83 bits per heavy atom. The van der Waals surface area contributed by atoms with E-state index < -0.39 is 5.60 Å². The zero-order valence-corrected chi connectivity index (χ0v) is 8.65. The summed E-state index contributed by atoms with van der Waals surface area (Å²) in [5.74, 6) is 2.03. The predicted molar refractivity (Wildman–Crippen MR) is 52.4 cm³/mol. The molecule has 0 aromatic rings. The van der Waals surface area contributed by atoms with Gasteiger partial charge in [-0.05, 0) is 24.3 Å². The first-order valence-corrected chi connectivity index (χ1v) is 5.58. The van der Waals surface area contributed by atoms with Gasteiger partial charge in [0.1, 0.15) is 0 Å².